The van der Waals surface area contributed by atoms with E-state index in [1.165, 1.54) is 4.90 Å². The number of ether oxygens (including phenoxy) is 1. The van der Waals surface area contributed by atoms with Gasteiger partial charge in [0.25, 0.3) is 5.91 Å². The molecule has 1 aliphatic heterocycles. The number of benzene rings is 2. The Kier molecular flexibility index (Phi) is 5.61. The van der Waals surface area contributed by atoms with Crippen LogP contribution in [-0.2, 0) is 4.79 Å². The number of hydrogen-bond donors (Lipinski definition) is 0. The van der Waals surface area contributed by atoms with E-state index in [4.69, 9.17) is 4.74 Å². The number of β-lactam (4-membered cyclic amide) rings is 1. The molecule has 0 saturated carbocycles. The maximum absolute atomic E-state index is 14.9. The van der Waals surface area contributed by atoms with E-state index in [0.717, 1.165) is 24.1 Å². The van der Waals surface area contributed by atoms with Gasteiger partial charge in [-0.1, -0.05) is 13.5 Å². The standard InChI is InChI=1S/C21H21F2N3O2P2/c1-11(29)5-6-28-14-8-15(22)19(16(23)9-14)20-12(2)21(27)26(20)13-3-4-18-17(7-13)24-10-25(18)30/h3-4,7-11,20H,2,5-6,29-30H2,1H3/t11?,20-/m0/s1. The average molecular weight is 447 g/mol. The maximum atomic E-state index is 14.9. The molecule has 2 heterocycles. The van der Waals surface area contributed by atoms with Gasteiger partial charge in [-0.2, -0.15) is 0 Å². The first-order valence-corrected chi connectivity index (χ1v) is 10.6. The molecule has 0 radical (unpaired) electrons. The topological polar surface area (TPSA) is 47.4 Å². The molecular formula is C21H21F2N3O2P2. The summed E-state index contributed by atoms with van der Waals surface area (Å²) in [4.78, 5) is 18.1. The Labute approximate surface area is 177 Å². The molecule has 3 unspecified atom stereocenters. The summed E-state index contributed by atoms with van der Waals surface area (Å²) >= 11 is 0. The number of carbonyl (C=O) groups is 1. The largest absolute Gasteiger partial charge is 0.493 e. The minimum atomic E-state index is -0.922. The predicted octanol–water partition coefficient (Wildman–Crippen LogP) is 4.63. The van der Waals surface area contributed by atoms with E-state index >= 15 is 0 Å². The number of rotatable bonds is 6. The van der Waals surface area contributed by atoms with Crippen LogP contribution in [0.15, 0.2) is 48.8 Å². The fourth-order valence-electron chi connectivity index (χ4n) is 3.49. The van der Waals surface area contributed by atoms with Gasteiger partial charge in [-0.3, -0.25) is 9.69 Å². The third-order valence-electron chi connectivity index (χ3n) is 5.09. The Morgan fingerprint density at radius 2 is 1.97 bits per heavy atom. The van der Waals surface area contributed by atoms with Crippen molar-refractivity contribution in [2.45, 2.75) is 25.0 Å². The monoisotopic (exact) mass is 447 g/mol. The van der Waals surface area contributed by atoms with E-state index in [1.54, 1.807) is 28.9 Å². The van der Waals surface area contributed by atoms with Crippen molar-refractivity contribution < 1.29 is 18.3 Å². The minimum absolute atomic E-state index is 0.120. The summed E-state index contributed by atoms with van der Waals surface area (Å²) in [5.41, 5.74) is 2.28. The van der Waals surface area contributed by atoms with Crippen LogP contribution in [0, 0.1) is 11.6 Å². The second-order valence-corrected chi connectivity index (χ2v) is 9.04. The summed E-state index contributed by atoms with van der Waals surface area (Å²) in [6.07, 6.45) is 2.37. The van der Waals surface area contributed by atoms with Crippen LogP contribution < -0.4 is 9.64 Å². The van der Waals surface area contributed by atoms with Crippen LogP contribution in [0.25, 0.3) is 11.0 Å². The van der Waals surface area contributed by atoms with Gasteiger partial charge < -0.3 is 9.07 Å². The zero-order valence-electron chi connectivity index (χ0n) is 16.3. The highest BCUT2D eigenvalue weighted by atomic mass is 31.0. The molecule has 3 aromatic rings. The first-order chi connectivity index (χ1) is 14.3. The quantitative estimate of drug-likeness (QED) is 0.315. The number of nitrogens with zero attached hydrogens (tertiary/aromatic N) is 3. The number of hydrogen-bond acceptors (Lipinski definition) is 3. The van der Waals surface area contributed by atoms with Gasteiger partial charge in [0.2, 0.25) is 0 Å². The summed E-state index contributed by atoms with van der Waals surface area (Å²) in [7, 11) is 5.16. The Morgan fingerprint density at radius 1 is 1.27 bits per heavy atom. The molecule has 30 heavy (non-hydrogen) atoms. The van der Waals surface area contributed by atoms with Crippen LogP contribution in [0.1, 0.15) is 24.9 Å². The normalized spacial score (nSPS) is 17.4. The van der Waals surface area contributed by atoms with E-state index in [-0.39, 0.29) is 22.8 Å². The summed E-state index contributed by atoms with van der Waals surface area (Å²) in [5, 5.41) is 0. The minimum Gasteiger partial charge on any atom is -0.493 e. The molecule has 0 N–H and O–H groups in total. The van der Waals surface area contributed by atoms with Crippen molar-refractivity contribution in [1.82, 2.24) is 9.32 Å². The molecule has 4 atom stereocenters. The van der Waals surface area contributed by atoms with Gasteiger partial charge in [-0.25, -0.2) is 13.8 Å². The summed E-state index contributed by atoms with van der Waals surface area (Å²) in [5.74, 6) is -1.81. The molecule has 0 spiro atoms. The van der Waals surface area contributed by atoms with Crippen LogP contribution in [0.5, 0.6) is 5.75 Å². The van der Waals surface area contributed by atoms with Crippen LogP contribution in [0.2, 0.25) is 0 Å². The van der Waals surface area contributed by atoms with E-state index in [2.05, 4.69) is 30.2 Å². The van der Waals surface area contributed by atoms with Gasteiger partial charge in [0.1, 0.15) is 17.4 Å². The maximum Gasteiger partial charge on any atom is 0.256 e. The molecular weight excluding hydrogens is 426 g/mol. The fraction of sp³-hybridized carbons (Fsp3) is 0.238. The number of halogens is 2. The fourth-order valence-corrected chi connectivity index (χ4v) is 3.91. The van der Waals surface area contributed by atoms with Crippen molar-refractivity contribution in [3.63, 3.8) is 0 Å². The van der Waals surface area contributed by atoms with Crippen molar-refractivity contribution in [3.8, 4) is 5.75 Å². The number of fused-ring (bicyclic) bond motifs is 1. The second kappa shape index (κ2) is 8.05. The van der Waals surface area contributed by atoms with E-state index in [1.807, 2.05) is 6.92 Å². The van der Waals surface area contributed by atoms with Crippen LogP contribution in [0.4, 0.5) is 14.5 Å². The van der Waals surface area contributed by atoms with Crippen molar-refractivity contribution in [2.24, 2.45) is 0 Å². The molecule has 0 bridgehead atoms. The summed E-state index contributed by atoms with van der Waals surface area (Å²) < 4.78 is 37.0. The summed E-state index contributed by atoms with van der Waals surface area (Å²) in [6, 6.07) is 6.61. The van der Waals surface area contributed by atoms with Crippen molar-refractivity contribution in [1.29, 1.82) is 0 Å². The number of aromatic nitrogens is 2. The highest BCUT2D eigenvalue weighted by Crippen LogP contribution is 2.45. The molecule has 5 nitrogen and oxygen atoms in total. The van der Waals surface area contributed by atoms with Crippen LogP contribution in [0.3, 0.4) is 0 Å². The molecule has 2 aromatic carbocycles. The number of carbonyl (C=O) groups excluding carboxylic acids is 1. The van der Waals surface area contributed by atoms with E-state index in [9.17, 15) is 13.6 Å². The average Bonchev–Trinajstić information content (AvgIpc) is 3.06. The number of imidazole rings is 1. The van der Waals surface area contributed by atoms with E-state index < -0.39 is 17.7 Å². The molecule has 1 amide bonds. The van der Waals surface area contributed by atoms with Gasteiger partial charge in [0.15, 0.2) is 0 Å². The molecule has 4 rings (SSSR count). The third-order valence-corrected chi connectivity index (χ3v) is 5.83. The highest BCUT2D eigenvalue weighted by Gasteiger charge is 2.45. The molecule has 1 aromatic heterocycles. The highest BCUT2D eigenvalue weighted by molar-refractivity contribution is 7.17. The Balaban J connectivity index is 1.66. The van der Waals surface area contributed by atoms with Crippen molar-refractivity contribution in [3.05, 3.63) is 66.0 Å². The van der Waals surface area contributed by atoms with Gasteiger partial charge in [0, 0.05) is 23.4 Å². The lowest BCUT2D eigenvalue weighted by Gasteiger charge is -2.42. The lowest BCUT2D eigenvalue weighted by molar-refractivity contribution is -0.119. The van der Waals surface area contributed by atoms with Crippen LogP contribution in [-0.4, -0.2) is 27.5 Å². The first kappa shape index (κ1) is 20.9. The molecule has 156 valence electrons. The van der Waals surface area contributed by atoms with Gasteiger partial charge >= 0.3 is 0 Å². The number of amides is 1. The second-order valence-electron chi connectivity index (χ2n) is 7.34. The zero-order valence-corrected chi connectivity index (χ0v) is 18.6. The predicted molar refractivity (Wildman–Crippen MR) is 120 cm³/mol. The third kappa shape index (κ3) is 3.61. The number of anilines is 1. The van der Waals surface area contributed by atoms with Crippen LogP contribution >= 0.6 is 18.6 Å². The van der Waals surface area contributed by atoms with Gasteiger partial charge in [0.05, 0.1) is 35.6 Å². The smallest absolute Gasteiger partial charge is 0.256 e. The molecule has 1 saturated heterocycles. The molecule has 1 fully saturated rings. The lowest BCUT2D eigenvalue weighted by atomic mass is 9.87. The SMILES string of the molecule is C=C1C(=O)N(c2ccc3c(c2)ncn3P)[C@@H]1c1c(F)cc(OCCC(C)P)cc1F. The lowest BCUT2D eigenvalue weighted by Crippen LogP contribution is -2.49. The Bertz CT molecular complexity index is 1140. The zero-order chi connectivity index (χ0) is 21.6. The van der Waals surface area contributed by atoms with Gasteiger partial charge in [-0.05, 0) is 39.7 Å². The molecule has 9 heteroatoms. The first-order valence-electron chi connectivity index (χ1n) is 9.39. The summed E-state index contributed by atoms with van der Waals surface area (Å²) in [6.45, 7) is 6.09. The van der Waals surface area contributed by atoms with E-state index in [0.29, 0.717) is 23.5 Å². The Hall–Kier alpha value is -2.36. The van der Waals surface area contributed by atoms with Gasteiger partial charge in [-0.15, -0.1) is 9.24 Å². The van der Waals surface area contributed by atoms with Crippen molar-refractivity contribution in [2.75, 3.05) is 11.5 Å². The van der Waals surface area contributed by atoms with Crippen molar-refractivity contribution >= 4 is 41.3 Å². The Morgan fingerprint density at radius 3 is 2.63 bits per heavy atom. The molecule has 1 aliphatic rings. The molecule has 0 aliphatic carbocycles.